The summed E-state index contributed by atoms with van der Waals surface area (Å²) in [6.45, 7) is 2.29. The number of morpholine rings is 1. The maximum absolute atomic E-state index is 5.85. The number of benzene rings is 1. The summed E-state index contributed by atoms with van der Waals surface area (Å²) < 4.78 is 5.85. The standard InChI is InChI=1S/C15H14N4OS/c1-2-4-12-11(3-1)14(18-10-17-12)19-6-7-20-13(9-19)15-16-5-8-21-15/h1-5,8,10,13H,6-7,9H2/t13-/m0/s1. The van der Waals surface area contributed by atoms with Gasteiger partial charge in [0.25, 0.3) is 0 Å². The van der Waals surface area contributed by atoms with Crippen LogP contribution in [0.2, 0.25) is 0 Å². The molecule has 4 rings (SSSR count). The van der Waals surface area contributed by atoms with Crippen LogP contribution in [0.5, 0.6) is 0 Å². The predicted octanol–water partition coefficient (Wildman–Crippen LogP) is 2.66. The lowest BCUT2D eigenvalue weighted by Crippen LogP contribution is -2.39. The molecule has 0 amide bonds. The van der Waals surface area contributed by atoms with Crippen molar-refractivity contribution in [2.24, 2.45) is 0 Å². The Morgan fingerprint density at radius 2 is 2.14 bits per heavy atom. The van der Waals surface area contributed by atoms with Gasteiger partial charge in [-0.1, -0.05) is 12.1 Å². The first-order valence-electron chi connectivity index (χ1n) is 6.87. The highest BCUT2D eigenvalue weighted by Gasteiger charge is 2.25. The van der Waals surface area contributed by atoms with Crippen LogP contribution in [0.25, 0.3) is 10.9 Å². The fraction of sp³-hybridized carbons (Fsp3) is 0.267. The van der Waals surface area contributed by atoms with Gasteiger partial charge in [-0.3, -0.25) is 0 Å². The second-order valence-electron chi connectivity index (χ2n) is 4.89. The Labute approximate surface area is 126 Å². The van der Waals surface area contributed by atoms with Gasteiger partial charge in [-0.25, -0.2) is 15.0 Å². The summed E-state index contributed by atoms with van der Waals surface area (Å²) in [5.41, 5.74) is 0.972. The highest BCUT2D eigenvalue weighted by molar-refractivity contribution is 7.09. The second-order valence-corrected chi connectivity index (χ2v) is 5.82. The van der Waals surface area contributed by atoms with Crippen LogP contribution < -0.4 is 4.90 Å². The van der Waals surface area contributed by atoms with Gasteiger partial charge in [-0.15, -0.1) is 11.3 Å². The molecule has 0 N–H and O–H groups in total. The number of hydrogen-bond acceptors (Lipinski definition) is 6. The molecule has 3 aromatic rings. The van der Waals surface area contributed by atoms with Gasteiger partial charge in [0.05, 0.1) is 18.7 Å². The first-order chi connectivity index (χ1) is 10.4. The average Bonchev–Trinajstić information content (AvgIpc) is 3.09. The zero-order valence-electron chi connectivity index (χ0n) is 11.3. The van der Waals surface area contributed by atoms with Gasteiger partial charge in [0, 0.05) is 23.5 Å². The lowest BCUT2D eigenvalue weighted by Gasteiger charge is -2.33. The van der Waals surface area contributed by atoms with Crippen molar-refractivity contribution in [3.8, 4) is 0 Å². The maximum atomic E-state index is 5.85. The van der Waals surface area contributed by atoms with E-state index in [1.54, 1.807) is 17.7 Å². The number of anilines is 1. The molecule has 2 aromatic heterocycles. The Balaban J connectivity index is 1.68. The first kappa shape index (κ1) is 12.7. The number of para-hydroxylation sites is 1. The van der Waals surface area contributed by atoms with Gasteiger partial charge in [0.2, 0.25) is 0 Å². The lowest BCUT2D eigenvalue weighted by molar-refractivity contribution is 0.0394. The Morgan fingerprint density at radius 3 is 3.05 bits per heavy atom. The predicted molar refractivity (Wildman–Crippen MR) is 82.6 cm³/mol. The van der Waals surface area contributed by atoms with E-state index < -0.39 is 0 Å². The Hall–Kier alpha value is -2.05. The molecule has 0 saturated carbocycles. The van der Waals surface area contributed by atoms with E-state index in [9.17, 15) is 0 Å². The van der Waals surface area contributed by atoms with Crippen molar-refractivity contribution in [2.75, 3.05) is 24.6 Å². The number of thiazole rings is 1. The maximum Gasteiger partial charge on any atom is 0.140 e. The number of nitrogens with zero attached hydrogens (tertiary/aromatic N) is 4. The Bertz CT molecular complexity index is 741. The molecule has 0 unspecified atom stereocenters. The van der Waals surface area contributed by atoms with E-state index in [0.29, 0.717) is 6.61 Å². The van der Waals surface area contributed by atoms with Crippen LogP contribution in [0.15, 0.2) is 42.2 Å². The van der Waals surface area contributed by atoms with Crippen molar-refractivity contribution < 1.29 is 4.74 Å². The average molecular weight is 298 g/mol. The summed E-state index contributed by atoms with van der Waals surface area (Å²) in [6, 6.07) is 8.10. The summed E-state index contributed by atoms with van der Waals surface area (Å²) in [4.78, 5) is 15.4. The zero-order valence-corrected chi connectivity index (χ0v) is 12.2. The van der Waals surface area contributed by atoms with Gasteiger partial charge in [0.1, 0.15) is 23.3 Å². The molecule has 1 fully saturated rings. The van der Waals surface area contributed by atoms with Gasteiger partial charge >= 0.3 is 0 Å². The minimum atomic E-state index is 0.0208. The minimum absolute atomic E-state index is 0.0208. The smallest absolute Gasteiger partial charge is 0.140 e. The quantitative estimate of drug-likeness (QED) is 0.728. The zero-order chi connectivity index (χ0) is 14.1. The number of ether oxygens (including phenoxy) is 1. The van der Waals surface area contributed by atoms with E-state index in [4.69, 9.17) is 4.74 Å². The van der Waals surface area contributed by atoms with Gasteiger partial charge in [-0.2, -0.15) is 0 Å². The Kier molecular flexibility index (Phi) is 3.25. The van der Waals surface area contributed by atoms with Gasteiger partial charge in [-0.05, 0) is 12.1 Å². The van der Waals surface area contributed by atoms with Gasteiger partial charge < -0.3 is 9.64 Å². The summed E-state index contributed by atoms with van der Waals surface area (Å²) in [7, 11) is 0. The molecule has 0 bridgehead atoms. The number of aromatic nitrogens is 3. The number of rotatable bonds is 2. The van der Waals surface area contributed by atoms with E-state index in [1.807, 2.05) is 29.8 Å². The lowest BCUT2D eigenvalue weighted by atomic mass is 10.2. The Morgan fingerprint density at radius 1 is 1.19 bits per heavy atom. The topological polar surface area (TPSA) is 51.1 Å². The van der Waals surface area contributed by atoms with E-state index in [2.05, 4.69) is 25.9 Å². The molecule has 21 heavy (non-hydrogen) atoms. The SMILES string of the molecule is c1ccc2c(N3CCO[C@H](c4nccs4)C3)ncnc2c1. The number of fused-ring (bicyclic) bond motifs is 1. The van der Waals surface area contributed by atoms with Crippen molar-refractivity contribution >= 4 is 28.1 Å². The second kappa shape index (κ2) is 5.38. The monoisotopic (exact) mass is 298 g/mol. The summed E-state index contributed by atoms with van der Waals surface area (Å²) >= 11 is 1.63. The highest BCUT2D eigenvalue weighted by atomic mass is 32.1. The molecule has 1 atom stereocenters. The van der Waals surface area contributed by atoms with E-state index in [-0.39, 0.29) is 6.10 Å². The molecular weight excluding hydrogens is 284 g/mol. The van der Waals surface area contributed by atoms with Crippen molar-refractivity contribution in [2.45, 2.75) is 6.10 Å². The van der Waals surface area contributed by atoms with Crippen LogP contribution in [0.4, 0.5) is 5.82 Å². The van der Waals surface area contributed by atoms with Crippen molar-refractivity contribution in [3.63, 3.8) is 0 Å². The fourth-order valence-electron chi connectivity index (χ4n) is 2.63. The molecule has 1 aliphatic rings. The molecular formula is C15H14N4OS. The third-order valence-corrected chi connectivity index (χ3v) is 4.48. The molecule has 0 spiro atoms. The fourth-order valence-corrected chi connectivity index (χ4v) is 3.30. The molecule has 1 aliphatic heterocycles. The van der Waals surface area contributed by atoms with E-state index in [0.717, 1.165) is 34.8 Å². The molecule has 1 saturated heterocycles. The van der Waals surface area contributed by atoms with Crippen LogP contribution in [-0.2, 0) is 4.74 Å². The third kappa shape index (κ3) is 2.36. The number of hydrogen-bond donors (Lipinski definition) is 0. The highest BCUT2D eigenvalue weighted by Crippen LogP contribution is 2.29. The van der Waals surface area contributed by atoms with E-state index >= 15 is 0 Å². The minimum Gasteiger partial charge on any atom is -0.367 e. The molecule has 6 heteroatoms. The summed E-state index contributed by atoms with van der Waals surface area (Å²) in [5, 5.41) is 4.09. The van der Waals surface area contributed by atoms with Crippen LogP contribution in [-0.4, -0.2) is 34.6 Å². The molecule has 5 nitrogen and oxygen atoms in total. The summed E-state index contributed by atoms with van der Waals surface area (Å²) in [6.07, 6.45) is 3.47. The van der Waals surface area contributed by atoms with Crippen molar-refractivity contribution in [3.05, 3.63) is 47.2 Å². The van der Waals surface area contributed by atoms with E-state index in [1.165, 1.54) is 0 Å². The van der Waals surface area contributed by atoms with Gasteiger partial charge in [0.15, 0.2) is 0 Å². The van der Waals surface area contributed by atoms with Crippen molar-refractivity contribution in [1.82, 2.24) is 15.0 Å². The summed E-state index contributed by atoms with van der Waals surface area (Å²) in [5.74, 6) is 0.977. The molecule has 0 aliphatic carbocycles. The molecule has 1 aromatic carbocycles. The first-order valence-corrected chi connectivity index (χ1v) is 7.75. The van der Waals surface area contributed by atoms with Crippen LogP contribution in [0.3, 0.4) is 0 Å². The molecule has 0 radical (unpaired) electrons. The third-order valence-electron chi connectivity index (χ3n) is 3.61. The largest absolute Gasteiger partial charge is 0.367 e. The van der Waals surface area contributed by atoms with Crippen LogP contribution in [0, 0.1) is 0 Å². The van der Waals surface area contributed by atoms with Crippen LogP contribution >= 0.6 is 11.3 Å². The molecule has 3 heterocycles. The normalized spacial score (nSPS) is 19.0. The molecule has 106 valence electrons. The van der Waals surface area contributed by atoms with Crippen LogP contribution in [0.1, 0.15) is 11.1 Å². The van der Waals surface area contributed by atoms with Crippen molar-refractivity contribution in [1.29, 1.82) is 0 Å².